The number of nitrogens with zero attached hydrogens (tertiary/aromatic N) is 1. The normalized spacial score (nSPS) is 10.5. The maximum absolute atomic E-state index is 8.71. The molecule has 17 heavy (non-hydrogen) atoms. The van der Waals surface area contributed by atoms with E-state index in [4.69, 9.17) is 21.6 Å². The van der Waals surface area contributed by atoms with Crippen molar-refractivity contribution in [1.29, 1.82) is 5.26 Å². The summed E-state index contributed by atoms with van der Waals surface area (Å²) in [5, 5.41) is 9.32. The first-order chi connectivity index (χ1) is 8.13. The van der Waals surface area contributed by atoms with Gasteiger partial charge in [-0.05, 0) is 36.5 Å². The van der Waals surface area contributed by atoms with E-state index in [1.165, 1.54) is 6.42 Å². The zero-order chi connectivity index (χ0) is 12.7. The zero-order valence-electron chi connectivity index (χ0n) is 10.4. The third-order valence-electron chi connectivity index (χ3n) is 2.51. The van der Waals surface area contributed by atoms with E-state index in [1.807, 2.05) is 6.07 Å². The molecule has 2 nitrogen and oxygen atoms in total. The molecule has 0 aliphatic carbocycles. The molecule has 0 amide bonds. The molecule has 0 bridgehead atoms. The van der Waals surface area contributed by atoms with E-state index < -0.39 is 0 Å². The van der Waals surface area contributed by atoms with Crippen LogP contribution in [-0.4, -0.2) is 6.61 Å². The minimum atomic E-state index is 0.517. The van der Waals surface area contributed by atoms with Gasteiger partial charge in [0, 0.05) is 11.6 Å². The van der Waals surface area contributed by atoms with Crippen molar-refractivity contribution in [3.8, 4) is 6.07 Å². The van der Waals surface area contributed by atoms with Gasteiger partial charge in [-0.15, -0.1) is 0 Å². The summed E-state index contributed by atoms with van der Waals surface area (Å²) in [6.07, 6.45) is 2.26. The topological polar surface area (TPSA) is 33.0 Å². The van der Waals surface area contributed by atoms with E-state index in [-0.39, 0.29) is 0 Å². The number of rotatable bonds is 6. The van der Waals surface area contributed by atoms with E-state index in [1.54, 1.807) is 12.1 Å². The first-order valence-corrected chi connectivity index (χ1v) is 6.27. The molecule has 3 heteroatoms. The van der Waals surface area contributed by atoms with Crippen molar-refractivity contribution in [1.82, 2.24) is 0 Å². The minimum absolute atomic E-state index is 0.517. The van der Waals surface area contributed by atoms with Gasteiger partial charge in [0.05, 0.1) is 18.2 Å². The highest BCUT2D eigenvalue weighted by molar-refractivity contribution is 6.31. The van der Waals surface area contributed by atoms with Crippen LogP contribution >= 0.6 is 11.6 Å². The zero-order valence-corrected chi connectivity index (χ0v) is 11.1. The van der Waals surface area contributed by atoms with E-state index in [0.29, 0.717) is 17.2 Å². The van der Waals surface area contributed by atoms with Gasteiger partial charge >= 0.3 is 0 Å². The molecule has 0 aliphatic rings. The van der Waals surface area contributed by atoms with Crippen LogP contribution in [0.4, 0.5) is 0 Å². The van der Waals surface area contributed by atoms with Crippen molar-refractivity contribution in [3.05, 3.63) is 34.3 Å². The molecule has 0 radical (unpaired) electrons. The van der Waals surface area contributed by atoms with E-state index in [2.05, 4.69) is 19.9 Å². The fraction of sp³-hybridized carbons (Fsp3) is 0.500. The summed E-state index contributed by atoms with van der Waals surface area (Å²) in [6.45, 7) is 5.69. The fourth-order valence-electron chi connectivity index (χ4n) is 1.51. The Bertz CT molecular complexity index is 396. The molecule has 1 aromatic carbocycles. The predicted molar refractivity (Wildman–Crippen MR) is 69.9 cm³/mol. The van der Waals surface area contributed by atoms with Crippen molar-refractivity contribution in [2.24, 2.45) is 5.92 Å². The Hall–Kier alpha value is -1.04. The Morgan fingerprint density at radius 2 is 2.18 bits per heavy atom. The lowest BCUT2D eigenvalue weighted by molar-refractivity contribution is 0.115. The third-order valence-corrected chi connectivity index (χ3v) is 2.86. The van der Waals surface area contributed by atoms with Crippen molar-refractivity contribution in [2.45, 2.75) is 33.3 Å². The number of nitriles is 1. The van der Waals surface area contributed by atoms with Gasteiger partial charge < -0.3 is 4.74 Å². The summed E-state index contributed by atoms with van der Waals surface area (Å²) in [6, 6.07) is 7.35. The largest absolute Gasteiger partial charge is 0.377 e. The average molecular weight is 252 g/mol. The molecular formula is C14H18ClNO. The lowest BCUT2D eigenvalue weighted by Crippen LogP contribution is -1.98. The molecular weight excluding hydrogens is 234 g/mol. The smallest absolute Gasteiger partial charge is 0.0992 e. The molecule has 0 aromatic heterocycles. The molecule has 0 spiro atoms. The van der Waals surface area contributed by atoms with Crippen molar-refractivity contribution >= 4 is 11.6 Å². The van der Waals surface area contributed by atoms with Crippen LogP contribution in [0.1, 0.15) is 37.8 Å². The highest BCUT2D eigenvalue weighted by atomic mass is 35.5. The highest BCUT2D eigenvalue weighted by Gasteiger charge is 2.02. The molecule has 0 fully saturated rings. The van der Waals surface area contributed by atoms with E-state index >= 15 is 0 Å². The number of benzene rings is 1. The van der Waals surface area contributed by atoms with Crippen LogP contribution in [0.2, 0.25) is 5.02 Å². The molecule has 0 unspecified atom stereocenters. The summed E-state index contributed by atoms with van der Waals surface area (Å²) in [5.74, 6) is 0.720. The lowest BCUT2D eigenvalue weighted by Gasteiger charge is -2.07. The van der Waals surface area contributed by atoms with Crippen LogP contribution in [0.5, 0.6) is 0 Å². The number of ether oxygens (including phenoxy) is 1. The number of halogens is 1. The summed E-state index contributed by atoms with van der Waals surface area (Å²) in [7, 11) is 0. The molecule has 1 rings (SSSR count). The maximum atomic E-state index is 8.71. The van der Waals surface area contributed by atoms with Gasteiger partial charge in [-0.3, -0.25) is 0 Å². The number of hydrogen-bond acceptors (Lipinski definition) is 2. The van der Waals surface area contributed by atoms with Gasteiger partial charge in [-0.2, -0.15) is 5.26 Å². The summed E-state index contributed by atoms with van der Waals surface area (Å²) in [5.41, 5.74) is 1.52. The Labute approximate surface area is 108 Å². The highest BCUT2D eigenvalue weighted by Crippen LogP contribution is 2.18. The van der Waals surface area contributed by atoms with Gasteiger partial charge in [-0.1, -0.05) is 31.5 Å². The second-order valence-corrected chi connectivity index (χ2v) is 4.91. The van der Waals surface area contributed by atoms with E-state index in [9.17, 15) is 0 Å². The third kappa shape index (κ3) is 5.21. The molecule has 0 saturated carbocycles. The fourth-order valence-corrected chi connectivity index (χ4v) is 1.74. The molecule has 0 saturated heterocycles. The molecule has 1 aromatic rings. The first-order valence-electron chi connectivity index (χ1n) is 5.89. The van der Waals surface area contributed by atoms with Crippen LogP contribution in [0, 0.1) is 17.2 Å². The van der Waals surface area contributed by atoms with Crippen LogP contribution in [0.25, 0.3) is 0 Å². The molecule has 0 atom stereocenters. The Balaban J connectivity index is 2.35. The predicted octanol–water partition coefficient (Wildman–Crippen LogP) is 4.16. The monoisotopic (exact) mass is 251 g/mol. The lowest BCUT2D eigenvalue weighted by atomic mass is 10.1. The van der Waals surface area contributed by atoms with Crippen molar-refractivity contribution in [3.63, 3.8) is 0 Å². The Morgan fingerprint density at radius 1 is 1.41 bits per heavy atom. The van der Waals surface area contributed by atoms with Gasteiger partial charge in [0.15, 0.2) is 0 Å². The SMILES string of the molecule is CC(C)CCCOCc1ccc(C#N)cc1Cl. The molecule has 0 N–H and O–H groups in total. The van der Waals surface area contributed by atoms with Crippen molar-refractivity contribution in [2.75, 3.05) is 6.61 Å². The van der Waals surface area contributed by atoms with Crippen LogP contribution < -0.4 is 0 Å². The van der Waals surface area contributed by atoms with Crippen LogP contribution in [-0.2, 0) is 11.3 Å². The Kier molecular flexibility index (Phi) is 6.04. The van der Waals surface area contributed by atoms with Gasteiger partial charge in [0.2, 0.25) is 0 Å². The summed E-state index contributed by atoms with van der Waals surface area (Å²) >= 11 is 6.04. The van der Waals surface area contributed by atoms with E-state index in [0.717, 1.165) is 24.5 Å². The minimum Gasteiger partial charge on any atom is -0.377 e. The van der Waals surface area contributed by atoms with Gasteiger partial charge in [0.1, 0.15) is 0 Å². The summed E-state index contributed by atoms with van der Waals surface area (Å²) < 4.78 is 5.56. The van der Waals surface area contributed by atoms with Crippen LogP contribution in [0.3, 0.4) is 0 Å². The van der Waals surface area contributed by atoms with Gasteiger partial charge in [0.25, 0.3) is 0 Å². The summed E-state index contributed by atoms with van der Waals surface area (Å²) in [4.78, 5) is 0. The Morgan fingerprint density at radius 3 is 2.76 bits per heavy atom. The first kappa shape index (κ1) is 14.0. The molecule has 92 valence electrons. The maximum Gasteiger partial charge on any atom is 0.0992 e. The second kappa shape index (κ2) is 7.32. The van der Waals surface area contributed by atoms with Crippen LogP contribution in [0.15, 0.2) is 18.2 Å². The molecule has 0 aliphatic heterocycles. The second-order valence-electron chi connectivity index (χ2n) is 4.51. The van der Waals surface area contributed by atoms with Crippen molar-refractivity contribution < 1.29 is 4.74 Å². The number of hydrogen-bond donors (Lipinski definition) is 0. The molecule has 0 heterocycles. The van der Waals surface area contributed by atoms with Gasteiger partial charge in [-0.25, -0.2) is 0 Å². The average Bonchev–Trinajstić information content (AvgIpc) is 2.30. The quantitative estimate of drug-likeness (QED) is 0.711. The standard InChI is InChI=1S/C14H18ClNO/c1-11(2)4-3-7-17-10-13-6-5-12(9-16)8-14(13)15/h5-6,8,11H,3-4,7,10H2,1-2H3.